The van der Waals surface area contributed by atoms with Gasteiger partial charge in [0.25, 0.3) is 0 Å². The van der Waals surface area contributed by atoms with Crippen LogP contribution in [0.25, 0.3) is 10.6 Å². The molecule has 1 atom stereocenters. The molecule has 0 aliphatic heterocycles. The molecule has 0 saturated carbocycles. The molecule has 0 aliphatic carbocycles. The van der Waals surface area contributed by atoms with Gasteiger partial charge in [-0.05, 0) is 36.2 Å². The Morgan fingerprint density at radius 1 is 1.12 bits per heavy atom. The van der Waals surface area contributed by atoms with Crippen LogP contribution in [0.4, 0.5) is 0 Å². The van der Waals surface area contributed by atoms with E-state index in [9.17, 15) is 9.90 Å². The monoisotopic (exact) mass is 341 g/mol. The standard InChI is InChI=1S/C19H19NO3S/c21-15(17-9-10-18(24-17)16-7-4-12-23-16)13-20-19(22)11-8-14-5-2-1-3-6-14/h1-7,9-10,12,15,21H,8,11,13H2,(H,20,22). The van der Waals surface area contributed by atoms with Crippen molar-refractivity contribution in [3.8, 4) is 10.6 Å². The number of nitrogens with one attached hydrogen (secondary N) is 1. The summed E-state index contributed by atoms with van der Waals surface area (Å²) in [4.78, 5) is 13.7. The molecule has 2 aromatic heterocycles. The van der Waals surface area contributed by atoms with Gasteiger partial charge in [-0.2, -0.15) is 0 Å². The topological polar surface area (TPSA) is 62.5 Å². The normalized spacial score (nSPS) is 12.0. The summed E-state index contributed by atoms with van der Waals surface area (Å²) in [5.74, 6) is 0.728. The fraction of sp³-hybridized carbons (Fsp3) is 0.211. The Morgan fingerprint density at radius 3 is 2.71 bits per heavy atom. The van der Waals surface area contributed by atoms with E-state index in [2.05, 4.69) is 5.32 Å². The van der Waals surface area contributed by atoms with Crippen molar-refractivity contribution >= 4 is 17.2 Å². The average molecular weight is 341 g/mol. The van der Waals surface area contributed by atoms with Gasteiger partial charge in [0, 0.05) is 17.8 Å². The number of carbonyl (C=O) groups excluding carboxylic acids is 1. The van der Waals surface area contributed by atoms with Crippen molar-refractivity contribution in [2.24, 2.45) is 0 Å². The highest BCUT2D eigenvalue weighted by Crippen LogP contribution is 2.31. The molecule has 2 N–H and O–H groups in total. The highest BCUT2D eigenvalue weighted by Gasteiger charge is 2.13. The van der Waals surface area contributed by atoms with Crippen LogP contribution in [0.1, 0.15) is 23.0 Å². The zero-order valence-electron chi connectivity index (χ0n) is 13.1. The second-order valence-corrected chi connectivity index (χ2v) is 6.60. The highest BCUT2D eigenvalue weighted by atomic mass is 32.1. The molecule has 24 heavy (non-hydrogen) atoms. The Labute approximate surface area is 144 Å². The molecule has 5 heteroatoms. The zero-order chi connectivity index (χ0) is 16.8. The van der Waals surface area contributed by atoms with E-state index >= 15 is 0 Å². The first-order valence-electron chi connectivity index (χ1n) is 7.84. The van der Waals surface area contributed by atoms with E-state index in [1.807, 2.05) is 54.6 Å². The van der Waals surface area contributed by atoms with Gasteiger partial charge in [0.1, 0.15) is 11.9 Å². The van der Waals surface area contributed by atoms with Crippen LogP contribution in [-0.4, -0.2) is 17.6 Å². The molecule has 0 saturated heterocycles. The van der Waals surface area contributed by atoms with Gasteiger partial charge in [0.15, 0.2) is 0 Å². The molecule has 3 rings (SSSR count). The first kappa shape index (κ1) is 16.5. The Kier molecular flexibility index (Phi) is 5.46. The molecular formula is C19H19NO3S. The first-order chi connectivity index (χ1) is 11.7. The maximum atomic E-state index is 11.9. The number of aliphatic hydroxyl groups excluding tert-OH is 1. The number of aliphatic hydroxyl groups is 1. The van der Waals surface area contributed by atoms with E-state index in [1.165, 1.54) is 11.3 Å². The SMILES string of the molecule is O=C(CCc1ccccc1)NCC(O)c1ccc(-c2ccco2)s1. The number of amides is 1. The Hall–Kier alpha value is -2.37. The second kappa shape index (κ2) is 7.95. The number of aryl methyl sites for hydroxylation is 1. The number of rotatable bonds is 7. The number of benzene rings is 1. The number of carbonyl (C=O) groups is 1. The Bertz CT molecular complexity index is 765. The highest BCUT2D eigenvalue weighted by molar-refractivity contribution is 7.15. The van der Waals surface area contributed by atoms with Gasteiger partial charge in [0.2, 0.25) is 5.91 Å². The van der Waals surface area contributed by atoms with Crippen molar-refractivity contribution in [2.75, 3.05) is 6.54 Å². The van der Waals surface area contributed by atoms with Crippen LogP contribution in [0, 0.1) is 0 Å². The summed E-state index contributed by atoms with van der Waals surface area (Å²) in [5, 5.41) is 13.0. The van der Waals surface area contributed by atoms with Gasteiger partial charge in [-0.3, -0.25) is 4.79 Å². The van der Waals surface area contributed by atoms with Crippen LogP contribution < -0.4 is 5.32 Å². The summed E-state index contributed by atoms with van der Waals surface area (Å²) < 4.78 is 5.34. The third kappa shape index (κ3) is 4.34. The lowest BCUT2D eigenvalue weighted by Gasteiger charge is -2.10. The summed E-state index contributed by atoms with van der Waals surface area (Å²) >= 11 is 1.47. The minimum atomic E-state index is -0.709. The fourth-order valence-electron chi connectivity index (χ4n) is 2.39. The average Bonchev–Trinajstić information content (AvgIpc) is 3.29. The number of hydrogen-bond acceptors (Lipinski definition) is 4. The largest absolute Gasteiger partial charge is 0.464 e. The van der Waals surface area contributed by atoms with E-state index < -0.39 is 6.10 Å². The third-order valence-corrected chi connectivity index (χ3v) is 4.90. The summed E-state index contributed by atoms with van der Waals surface area (Å²) in [7, 11) is 0. The molecule has 4 nitrogen and oxygen atoms in total. The van der Waals surface area contributed by atoms with Crippen LogP contribution in [0.15, 0.2) is 65.3 Å². The summed E-state index contributed by atoms with van der Waals surface area (Å²) in [6.07, 6.45) is 2.03. The Morgan fingerprint density at radius 2 is 1.96 bits per heavy atom. The maximum Gasteiger partial charge on any atom is 0.220 e. The summed E-state index contributed by atoms with van der Waals surface area (Å²) in [6.45, 7) is 0.214. The van der Waals surface area contributed by atoms with Crippen LogP contribution in [0.3, 0.4) is 0 Å². The van der Waals surface area contributed by atoms with Crippen molar-refractivity contribution in [2.45, 2.75) is 18.9 Å². The van der Waals surface area contributed by atoms with E-state index in [4.69, 9.17) is 4.42 Å². The van der Waals surface area contributed by atoms with Crippen LogP contribution in [-0.2, 0) is 11.2 Å². The maximum absolute atomic E-state index is 11.9. The van der Waals surface area contributed by atoms with Crippen molar-refractivity contribution < 1.29 is 14.3 Å². The predicted molar refractivity (Wildman–Crippen MR) is 94.8 cm³/mol. The molecule has 2 heterocycles. The lowest BCUT2D eigenvalue weighted by Crippen LogP contribution is -2.28. The number of furan rings is 1. The van der Waals surface area contributed by atoms with E-state index in [0.29, 0.717) is 12.8 Å². The molecule has 124 valence electrons. The minimum absolute atomic E-state index is 0.0549. The van der Waals surface area contributed by atoms with Crippen LogP contribution >= 0.6 is 11.3 Å². The lowest BCUT2D eigenvalue weighted by molar-refractivity contribution is -0.121. The quantitative estimate of drug-likeness (QED) is 0.687. The molecule has 0 bridgehead atoms. The molecule has 1 unspecified atom stereocenters. The molecule has 3 aromatic rings. The van der Waals surface area contributed by atoms with E-state index in [1.54, 1.807) is 6.26 Å². The molecule has 0 radical (unpaired) electrons. The molecule has 0 aliphatic rings. The fourth-order valence-corrected chi connectivity index (χ4v) is 3.35. The smallest absolute Gasteiger partial charge is 0.220 e. The van der Waals surface area contributed by atoms with Crippen molar-refractivity contribution in [1.82, 2.24) is 5.32 Å². The molecular weight excluding hydrogens is 322 g/mol. The number of hydrogen-bond donors (Lipinski definition) is 2. The molecule has 0 spiro atoms. The molecule has 1 aromatic carbocycles. The first-order valence-corrected chi connectivity index (χ1v) is 8.66. The second-order valence-electron chi connectivity index (χ2n) is 5.48. The van der Waals surface area contributed by atoms with Gasteiger partial charge < -0.3 is 14.8 Å². The van der Waals surface area contributed by atoms with Crippen LogP contribution in [0.5, 0.6) is 0 Å². The van der Waals surface area contributed by atoms with Gasteiger partial charge in [-0.1, -0.05) is 30.3 Å². The zero-order valence-corrected chi connectivity index (χ0v) is 14.0. The van der Waals surface area contributed by atoms with E-state index in [0.717, 1.165) is 21.1 Å². The third-order valence-electron chi connectivity index (χ3n) is 3.70. The Balaban J connectivity index is 1.46. The van der Waals surface area contributed by atoms with Crippen molar-refractivity contribution in [3.05, 3.63) is 71.3 Å². The van der Waals surface area contributed by atoms with Gasteiger partial charge in [0.05, 0.1) is 11.1 Å². The van der Waals surface area contributed by atoms with Gasteiger partial charge in [-0.15, -0.1) is 11.3 Å². The molecule has 1 amide bonds. The molecule has 0 fully saturated rings. The number of thiophene rings is 1. The van der Waals surface area contributed by atoms with Gasteiger partial charge in [-0.25, -0.2) is 0 Å². The van der Waals surface area contributed by atoms with E-state index in [-0.39, 0.29) is 12.5 Å². The predicted octanol–water partition coefficient (Wildman–Crippen LogP) is 3.79. The van der Waals surface area contributed by atoms with Crippen LogP contribution in [0.2, 0.25) is 0 Å². The van der Waals surface area contributed by atoms with Crippen molar-refractivity contribution in [3.63, 3.8) is 0 Å². The minimum Gasteiger partial charge on any atom is -0.464 e. The lowest BCUT2D eigenvalue weighted by atomic mass is 10.1. The van der Waals surface area contributed by atoms with Crippen molar-refractivity contribution in [1.29, 1.82) is 0 Å². The summed E-state index contributed by atoms with van der Waals surface area (Å²) in [5.41, 5.74) is 1.13. The van der Waals surface area contributed by atoms with Gasteiger partial charge >= 0.3 is 0 Å². The summed E-state index contributed by atoms with van der Waals surface area (Å²) in [6, 6.07) is 17.4.